The van der Waals surface area contributed by atoms with Crippen LogP contribution in [0, 0.1) is 0 Å². The van der Waals surface area contributed by atoms with Crippen molar-refractivity contribution in [1.82, 2.24) is 9.55 Å². The molecule has 1 N–H and O–H groups in total. The highest BCUT2D eigenvalue weighted by molar-refractivity contribution is 7.10. The molecule has 0 spiro atoms. The van der Waals surface area contributed by atoms with E-state index in [1.165, 1.54) is 4.88 Å². The third-order valence-corrected chi connectivity index (χ3v) is 4.54. The van der Waals surface area contributed by atoms with Crippen LogP contribution >= 0.6 is 11.3 Å². The topological polar surface area (TPSA) is 29.9 Å². The first kappa shape index (κ1) is 13.2. The fourth-order valence-corrected chi connectivity index (χ4v) is 3.31. The third kappa shape index (κ3) is 2.43. The van der Waals surface area contributed by atoms with Gasteiger partial charge in [-0.2, -0.15) is 0 Å². The summed E-state index contributed by atoms with van der Waals surface area (Å²) in [5, 5.41) is 5.74. The summed E-state index contributed by atoms with van der Waals surface area (Å²) in [7, 11) is 2.06. The van der Waals surface area contributed by atoms with Crippen molar-refractivity contribution in [3.05, 3.63) is 46.7 Å². The molecule has 0 saturated carbocycles. The molecule has 1 unspecified atom stereocenters. The van der Waals surface area contributed by atoms with Gasteiger partial charge in [-0.3, -0.25) is 0 Å². The predicted octanol–water partition coefficient (Wildman–Crippen LogP) is 4.59. The highest BCUT2D eigenvalue weighted by Crippen LogP contribution is 2.28. The standard InChI is InChI=1S/C16H19N3S/c1-3-7-13(15-10-6-11-20-15)18-16-17-12-8-4-5-9-14(12)19(16)2/h4-6,8-11,13H,3,7H2,1-2H3,(H,17,18). The number of hydrogen-bond donors (Lipinski definition) is 1. The van der Waals surface area contributed by atoms with E-state index in [-0.39, 0.29) is 0 Å². The summed E-state index contributed by atoms with van der Waals surface area (Å²) in [5.74, 6) is 0.943. The van der Waals surface area contributed by atoms with Gasteiger partial charge in [0.05, 0.1) is 17.1 Å². The Hall–Kier alpha value is -1.81. The van der Waals surface area contributed by atoms with Gasteiger partial charge in [-0.15, -0.1) is 11.3 Å². The molecule has 3 nitrogen and oxygen atoms in total. The second-order valence-corrected chi connectivity index (χ2v) is 5.96. The predicted molar refractivity (Wildman–Crippen MR) is 86.3 cm³/mol. The summed E-state index contributed by atoms with van der Waals surface area (Å²) in [6.07, 6.45) is 2.27. The molecular weight excluding hydrogens is 266 g/mol. The Balaban J connectivity index is 1.92. The Kier molecular flexibility index (Phi) is 3.74. The molecule has 20 heavy (non-hydrogen) atoms. The zero-order valence-corrected chi connectivity index (χ0v) is 12.7. The van der Waals surface area contributed by atoms with E-state index in [9.17, 15) is 0 Å². The van der Waals surface area contributed by atoms with Gasteiger partial charge in [-0.25, -0.2) is 4.98 Å². The Morgan fingerprint density at radius 3 is 2.80 bits per heavy atom. The average molecular weight is 285 g/mol. The Morgan fingerprint density at radius 2 is 2.10 bits per heavy atom. The first-order chi connectivity index (χ1) is 9.79. The van der Waals surface area contributed by atoms with Crippen molar-refractivity contribution in [2.45, 2.75) is 25.8 Å². The van der Waals surface area contributed by atoms with E-state index in [1.54, 1.807) is 11.3 Å². The van der Waals surface area contributed by atoms with Gasteiger partial charge in [-0.05, 0) is 30.0 Å². The fourth-order valence-electron chi connectivity index (χ4n) is 2.49. The Morgan fingerprint density at radius 1 is 1.25 bits per heavy atom. The molecule has 2 aromatic heterocycles. The van der Waals surface area contributed by atoms with Crippen LogP contribution < -0.4 is 5.32 Å². The number of imidazole rings is 1. The van der Waals surface area contributed by atoms with E-state index in [2.05, 4.69) is 59.6 Å². The number of aryl methyl sites for hydroxylation is 1. The van der Waals surface area contributed by atoms with Crippen LogP contribution in [-0.2, 0) is 7.05 Å². The maximum absolute atomic E-state index is 4.70. The van der Waals surface area contributed by atoms with Crippen molar-refractivity contribution in [2.75, 3.05) is 5.32 Å². The van der Waals surface area contributed by atoms with E-state index in [0.717, 1.165) is 29.8 Å². The lowest BCUT2D eigenvalue weighted by atomic mass is 10.1. The van der Waals surface area contributed by atoms with Crippen LogP contribution in [0.4, 0.5) is 5.95 Å². The van der Waals surface area contributed by atoms with Gasteiger partial charge in [0.15, 0.2) is 0 Å². The van der Waals surface area contributed by atoms with Crippen LogP contribution in [0.2, 0.25) is 0 Å². The molecule has 4 heteroatoms. The monoisotopic (exact) mass is 285 g/mol. The normalized spacial score (nSPS) is 12.7. The summed E-state index contributed by atoms with van der Waals surface area (Å²) in [6, 6.07) is 12.9. The maximum Gasteiger partial charge on any atom is 0.204 e. The van der Waals surface area contributed by atoms with Crippen molar-refractivity contribution >= 4 is 28.3 Å². The van der Waals surface area contributed by atoms with Gasteiger partial charge >= 0.3 is 0 Å². The number of fused-ring (bicyclic) bond motifs is 1. The second kappa shape index (κ2) is 5.67. The Labute approximate surface area is 123 Å². The van der Waals surface area contributed by atoms with Crippen molar-refractivity contribution < 1.29 is 0 Å². The molecule has 0 fully saturated rings. The van der Waals surface area contributed by atoms with E-state index in [0.29, 0.717) is 6.04 Å². The molecule has 1 atom stereocenters. The minimum absolute atomic E-state index is 0.343. The van der Waals surface area contributed by atoms with Gasteiger partial charge in [0.2, 0.25) is 5.95 Å². The molecule has 0 radical (unpaired) electrons. The molecule has 2 heterocycles. The number of para-hydroxylation sites is 2. The van der Waals surface area contributed by atoms with E-state index >= 15 is 0 Å². The number of aromatic nitrogens is 2. The minimum atomic E-state index is 0.343. The quantitative estimate of drug-likeness (QED) is 0.743. The first-order valence-corrected chi connectivity index (χ1v) is 7.89. The summed E-state index contributed by atoms with van der Waals surface area (Å²) < 4.78 is 2.13. The molecule has 0 saturated heterocycles. The number of thiophene rings is 1. The molecule has 0 aliphatic carbocycles. The Bertz CT molecular complexity index is 685. The largest absolute Gasteiger partial charge is 0.348 e. The van der Waals surface area contributed by atoms with E-state index < -0.39 is 0 Å². The van der Waals surface area contributed by atoms with Crippen molar-refractivity contribution in [2.24, 2.45) is 7.05 Å². The van der Waals surface area contributed by atoms with Gasteiger partial charge in [0, 0.05) is 11.9 Å². The highest BCUT2D eigenvalue weighted by atomic mass is 32.1. The van der Waals surface area contributed by atoms with Crippen molar-refractivity contribution in [3.63, 3.8) is 0 Å². The minimum Gasteiger partial charge on any atom is -0.348 e. The van der Waals surface area contributed by atoms with Crippen molar-refractivity contribution in [1.29, 1.82) is 0 Å². The summed E-state index contributed by atoms with van der Waals surface area (Å²) >= 11 is 1.80. The number of rotatable bonds is 5. The second-order valence-electron chi connectivity index (χ2n) is 4.98. The van der Waals surface area contributed by atoms with Crippen LogP contribution in [0.25, 0.3) is 11.0 Å². The zero-order valence-electron chi connectivity index (χ0n) is 11.8. The number of benzene rings is 1. The molecule has 0 bridgehead atoms. The van der Waals surface area contributed by atoms with Crippen LogP contribution in [-0.4, -0.2) is 9.55 Å². The molecule has 1 aromatic carbocycles. The smallest absolute Gasteiger partial charge is 0.204 e. The molecule has 3 rings (SSSR count). The van der Waals surface area contributed by atoms with Gasteiger partial charge < -0.3 is 9.88 Å². The molecule has 3 aromatic rings. The highest BCUT2D eigenvalue weighted by Gasteiger charge is 2.15. The number of anilines is 1. The lowest BCUT2D eigenvalue weighted by Gasteiger charge is -2.17. The zero-order chi connectivity index (χ0) is 13.9. The fraction of sp³-hybridized carbons (Fsp3) is 0.312. The molecule has 0 aliphatic rings. The van der Waals surface area contributed by atoms with Gasteiger partial charge in [0.1, 0.15) is 0 Å². The van der Waals surface area contributed by atoms with Gasteiger partial charge in [-0.1, -0.05) is 31.5 Å². The first-order valence-electron chi connectivity index (χ1n) is 7.01. The summed E-state index contributed by atoms with van der Waals surface area (Å²) in [6.45, 7) is 2.22. The molecule has 0 aliphatic heterocycles. The SMILES string of the molecule is CCCC(Nc1nc2ccccc2n1C)c1cccs1. The van der Waals surface area contributed by atoms with Gasteiger partial charge in [0.25, 0.3) is 0 Å². The maximum atomic E-state index is 4.70. The van der Waals surface area contributed by atoms with Crippen molar-refractivity contribution in [3.8, 4) is 0 Å². The molecule has 0 amide bonds. The number of hydrogen-bond acceptors (Lipinski definition) is 3. The van der Waals surface area contributed by atoms with E-state index in [1.807, 2.05) is 6.07 Å². The molecule has 104 valence electrons. The lowest BCUT2D eigenvalue weighted by molar-refractivity contribution is 0.676. The summed E-state index contributed by atoms with van der Waals surface area (Å²) in [5.41, 5.74) is 2.20. The third-order valence-electron chi connectivity index (χ3n) is 3.55. The lowest BCUT2D eigenvalue weighted by Crippen LogP contribution is -2.12. The van der Waals surface area contributed by atoms with E-state index in [4.69, 9.17) is 4.98 Å². The number of nitrogens with zero attached hydrogens (tertiary/aromatic N) is 2. The van der Waals surface area contributed by atoms with Crippen LogP contribution in [0.15, 0.2) is 41.8 Å². The van der Waals surface area contributed by atoms with Crippen LogP contribution in [0.3, 0.4) is 0 Å². The number of nitrogens with one attached hydrogen (secondary N) is 1. The molecular formula is C16H19N3S. The average Bonchev–Trinajstić information content (AvgIpc) is 3.08. The summed E-state index contributed by atoms with van der Waals surface area (Å²) in [4.78, 5) is 6.07. The van der Waals surface area contributed by atoms with Crippen LogP contribution in [0.1, 0.15) is 30.7 Å². The van der Waals surface area contributed by atoms with Crippen LogP contribution in [0.5, 0.6) is 0 Å².